The highest BCUT2D eigenvalue weighted by atomic mass is 19.4. The van der Waals surface area contributed by atoms with Crippen LogP contribution in [0.5, 0.6) is 0 Å². The number of piperidine rings is 2. The molecule has 0 bridgehead atoms. The number of carbonyl (C=O) groups is 2. The number of nitrogens with one attached hydrogen (secondary N) is 1. The number of ketones is 2. The monoisotopic (exact) mass is 925 g/mol. The smallest absolute Gasteiger partial charge is 0.317 e. The molecule has 0 aromatic heterocycles. The summed E-state index contributed by atoms with van der Waals surface area (Å²) in [6.07, 6.45) is -3.04. The number of benzene rings is 5. The lowest BCUT2D eigenvalue weighted by molar-refractivity contribution is -0.138. The second kappa shape index (κ2) is 22.8. The maximum absolute atomic E-state index is 13.2. The van der Waals surface area contributed by atoms with E-state index < -0.39 is 23.5 Å². The van der Waals surface area contributed by atoms with Gasteiger partial charge in [-0.1, -0.05) is 119 Å². The van der Waals surface area contributed by atoms with Gasteiger partial charge in [-0.05, 0) is 170 Å². The molecule has 1 N–H and O–H groups in total. The zero-order valence-corrected chi connectivity index (χ0v) is 39.7. The summed E-state index contributed by atoms with van der Waals surface area (Å²) in [5, 5.41) is 3.37. The third-order valence-electron chi connectivity index (χ3n) is 13.3. The second-order valence-electron chi connectivity index (χ2n) is 19.6. The van der Waals surface area contributed by atoms with Crippen molar-refractivity contribution in [3.63, 3.8) is 0 Å². The molecule has 2 heterocycles. The molecule has 0 aliphatic carbocycles. The third-order valence-corrected chi connectivity index (χ3v) is 13.3. The van der Waals surface area contributed by atoms with Gasteiger partial charge < -0.3 is 5.32 Å². The van der Waals surface area contributed by atoms with Crippen molar-refractivity contribution in [3.05, 3.63) is 154 Å². The van der Waals surface area contributed by atoms with Gasteiger partial charge in [-0.25, -0.2) is 0 Å². The van der Waals surface area contributed by atoms with Crippen molar-refractivity contribution >= 4 is 11.6 Å². The van der Waals surface area contributed by atoms with Crippen molar-refractivity contribution in [2.45, 2.75) is 123 Å². The average molecular weight is 925 g/mol. The van der Waals surface area contributed by atoms with Crippen LogP contribution in [0.4, 0.5) is 26.3 Å². The van der Waals surface area contributed by atoms with Gasteiger partial charge in [0.1, 0.15) is 11.6 Å². The number of likely N-dealkylation sites (tertiary alicyclic amines) is 1. The first-order chi connectivity index (χ1) is 31.7. The quantitative estimate of drug-likeness (QED) is 0.113. The highest BCUT2D eigenvalue weighted by Gasteiger charge is 2.32. The van der Waals surface area contributed by atoms with Crippen LogP contribution in [-0.2, 0) is 28.5 Å². The lowest BCUT2D eigenvalue weighted by atomic mass is 9.81. The molecule has 4 nitrogen and oxygen atoms in total. The molecule has 2 fully saturated rings. The summed E-state index contributed by atoms with van der Waals surface area (Å²) in [7, 11) is 0. The van der Waals surface area contributed by atoms with Gasteiger partial charge in [-0.15, -0.1) is 0 Å². The Balaban J connectivity index is 0.000000226. The van der Waals surface area contributed by atoms with E-state index in [1.165, 1.54) is 28.8 Å². The summed E-state index contributed by atoms with van der Waals surface area (Å²) < 4.78 is 78.4. The minimum absolute atomic E-state index is 0.124. The van der Waals surface area contributed by atoms with Gasteiger partial charge in [-0.2, -0.15) is 26.3 Å². The Kier molecular flexibility index (Phi) is 17.5. The van der Waals surface area contributed by atoms with Crippen LogP contribution >= 0.6 is 0 Å². The molecule has 67 heavy (non-hydrogen) atoms. The van der Waals surface area contributed by atoms with Gasteiger partial charge in [0.2, 0.25) is 0 Å². The lowest BCUT2D eigenvalue weighted by Gasteiger charge is -2.33. The zero-order valence-electron chi connectivity index (χ0n) is 39.7. The number of Topliss-reactive ketones (excluding diaryl/α,β-unsaturated/α-hetero) is 2. The number of hydrogen-bond acceptors (Lipinski definition) is 4. The minimum atomic E-state index is -4.37. The summed E-state index contributed by atoms with van der Waals surface area (Å²) >= 11 is 0. The highest BCUT2D eigenvalue weighted by molar-refractivity contribution is 5.85. The van der Waals surface area contributed by atoms with E-state index in [1.807, 2.05) is 18.2 Å². The molecule has 10 heteroatoms. The zero-order chi connectivity index (χ0) is 48.5. The first-order valence-electron chi connectivity index (χ1n) is 23.9. The maximum atomic E-state index is 13.2. The molecular weight excluding hydrogens is 859 g/mol. The molecule has 2 saturated heterocycles. The number of rotatable bonds is 14. The van der Waals surface area contributed by atoms with Crippen molar-refractivity contribution in [1.29, 1.82) is 0 Å². The Hall–Kier alpha value is -5.06. The summed E-state index contributed by atoms with van der Waals surface area (Å²) in [5.74, 6) is 1.25. The molecule has 0 saturated carbocycles. The number of carbonyl (C=O) groups excluding carboxylic acids is 2. The van der Waals surface area contributed by atoms with Crippen molar-refractivity contribution in [3.8, 4) is 22.3 Å². The van der Waals surface area contributed by atoms with Gasteiger partial charge in [-0.3, -0.25) is 14.5 Å². The van der Waals surface area contributed by atoms with E-state index in [1.54, 1.807) is 26.0 Å². The van der Waals surface area contributed by atoms with E-state index in [-0.39, 0.29) is 23.4 Å². The molecular formula is C57H66F6N2O2. The SMILES string of the molecule is CC(=O)C(CC(C)C)c1cc(-c2ccc(C(F)(F)F)cc2)cc(C2CCCN(Cc3ccccc3)C2)c1.CC(=O)C(CC(C)C)c1cc(-c2ccc(C(F)(F)F)cc2)cc(C2CCNCC2)c1. The highest BCUT2D eigenvalue weighted by Crippen LogP contribution is 2.39. The predicted molar refractivity (Wildman–Crippen MR) is 258 cm³/mol. The fourth-order valence-corrected chi connectivity index (χ4v) is 9.75. The first kappa shape index (κ1) is 51.3. The maximum Gasteiger partial charge on any atom is 0.416 e. The molecule has 358 valence electrons. The molecule has 2 aliphatic heterocycles. The van der Waals surface area contributed by atoms with Gasteiger partial charge >= 0.3 is 12.4 Å². The van der Waals surface area contributed by atoms with Gasteiger partial charge in [0.05, 0.1) is 11.1 Å². The molecule has 0 spiro atoms. The van der Waals surface area contributed by atoms with Crippen LogP contribution in [-0.4, -0.2) is 42.6 Å². The molecule has 0 radical (unpaired) electrons. The van der Waals surface area contributed by atoms with Crippen molar-refractivity contribution in [1.82, 2.24) is 10.2 Å². The van der Waals surface area contributed by atoms with E-state index >= 15 is 0 Å². The summed E-state index contributed by atoms with van der Waals surface area (Å²) in [4.78, 5) is 27.6. The standard InChI is InChI=1S/C32H36F3NO.C25H30F3NO/c1-22(2)16-31(23(3)37)29-18-27(25-11-13-30(14-12-25)32(33,34)35)17-28(19-29)26-10-7-15-36(21-26)20-24-8-5-4-6-9-24;1-16(2)12-24(17(3)30)22-14-20(13-21(15-22)19-8-10-29-11-9-19)18-4-6-23(7-5-18)25(26,27)28/h4-6,8-9,11-14,17-19,22,26,31H,7,10,15-16,20-21H2,1-3H3;4-7,13-16,19,24,29H,8-12H2,1-3H3. The van der Waals surface area contributed by atoms with Crippen LogP contribution in [0.25, 0.3) is 22.3 Å². The second-order valence-corrected chi connectivity index (χ2v) is 19.6. The van der Waals surface area contributed by atoms with Gasteiger partial charge in [0.15, 0.2) is 0 Å². The largest absolute Gasteiger partial charge is 0.416 e. The molecule has 3 atom stereocenters. The Morgan fingerprint density at radius 2 is 1.03 bits per heavy atom. The van der Waals surface area contributed by atoms with E-state index in [2.05, 4.69) is 86.4 Å². The van der Waals surface area contributed by atoms with Gasteiger partial charge in [0, 0.05) is 24.9 Å². The molecule has 7 rings (SSSR count). The number of nitrogens with zero attached hydrogens (tertiary/aromatic N) is 1. The molecule has 3 unspecified atom stereocenters. The molecule has 2 aliphatic rings. The Labute approximate surface area is 393 Å². The Morgan fingerprint density at radius 3 is 1.45 bits per heavy atom. The van der Waals surface area contributed by atoms with Crippen molar-refractivity contribution in [2.75, 3.05) is 26.2 Å². The van der Waals surface area contributed by atoms with Gasteiger partial charge in [0.25, 0.3) is 0 Å². The van der Waals surface area contributed by atoms with Crippen LogP contribution < -0.4 is 5.32 Å². The Bertz CT molecular complexity index is 2380. The average Bonchev–Trinajstić information content (AvgIpc) is 3.30. The van der Waals surface area contributed by atoms with Crippen molar-refractivity contribution in [2.24, 2.45) is 11.8 Å². The fourth-order valence-electron chi connectivity index (χ4n) is 9.75. The van der Waals surface area contributed by atoms with Crippen LogP contribution in [0.3, 0.4) is 0 Å². The summed E-state index contributed by atoms with van der Waals surface area (Å²) in [5.41, 5.74) is 7.50. The number of hydrogen-bond donors (Lipinski definition) is 1. The van der Waals surface area contributed by atoms with Crippen molar-refractivity contribution < 1.29 is 35.9 Å². The molecule has 0 amide bonds. The number of alkyl halides is 6. The van der Waals surface area contributed by atoms with E-state index in [9.17, 15) is 35.9 Å². The predicted octanol–water partition coefficient (Wildman–Crippen LogP) is 15.0. The first-order valence-corrected chi connectivity index (χ1v) is 23.9. The normalized spacial score (nSPS) is 17.2. The van der Waals surface area contributed by atoms with E-state index in [0.29, 0.717) is 23.7 Å². The minimum Gasteiger partial charge on any atom is -0.317 e. The number of halogens is 6. The summed E-state index contributed by atoms with van der Waals surface area (Å²) in [6.45, 7) is 16.4. The lowest BCUT2D eigenvalue weighted by Crippen LogP contribution is -2.34. The molecule has 5 aromatic carbocycles. The topological polar surface area (TPSA) is 49.4 Å². The summed E-state index contributed by atoms with van der Waals surface area (Å²) in [6, 6.07) is 33.7. The van der Waals surface area contributed by atoms with Crippen LogP contribution in [0.1, 0.15) is 143 Å². The van der Waals surface area contributed by atoms with Crippen LogP contribution in [0.2, 0.25) is 0 Å². The third kappa shape index (κ3) is 14.5. The fraction of sp³-hybridized carbons (Fsp3) is 0.439. The Morgan fingerprint density at radius 1 is 0.582 bits per heavy atom. The van der Waals surface area contributed by atoms with E-state index in [4.69, 9.17) is 0 Å². The molecule has 5 aromatic rings. The van der Waals surface area contributed by atoms with Crippen LogP contribution in [0.15, 0.2) is 115 Å². The van der Waals surface area contributed by atoms with Crippen LogP contribution in [0, 0.1) is 11.8 Å². The van der Waals surface area contributed by atoms with E-state index in [0.717, 1.165) is 129 Å².